The zero-order valence-electron chi connectivity index (χ0n) is 22.4. The van der Waals surface area contributed by atoms with Crippen molar-refractivity contribution in [3.8, 4) is 11.5 Å². The third kappa shape index (κ3) is 5.05. The smallest absolute Gasteiger partial charge is 0.233 e. The van der Waals surface area contributed by atoms with Crippen molar-refractivity contribution in [2.45, 2.75) is 25.4 Å². The van der Waals surface area contributed by atoms with E-state index in [1.54, 1.807) is 25.4 Å². The van der Waals surface area contributed by atoms with Gasteiger partial charge >= 0.3 is 0 Å². The Morgan fingerprint density at radius 1 is 1.02 bits per heavy atom. The Bertz CT molecular complexity index is 1450. The molecule has 1 aromatic heterocycles. The standard InChI is InChI=1S/C33H32N2O5/c1-35-32(37)26-18-23(19-39-25-7-3-2-4-8-25)30-27(31(26)33(35)38)20-40-29(30)15-12-22(28-9-5-6-16-34-28)17-21-10-13-24(36)14-11-21/h2-11,13-14,16-17,26-27,29,31,36H,12,15,18-20H2,1H3/b22-17-/t26-,27+,29-,31-/m1/s1. The number of hydrogen-bond acceptors (Lipinski definition) is 6. The summed E-state index contributed by atoms with van der Waals surface area (Å²) in [6, 6.07) is 22.6. The van der Waals surface area contributed by atoms with Gasteiger partial charge in [-0.3, -0.25) is 19.5 Å². The van der Waals surface area contributed by atoms with Crippen LogP contribution in [0.25, 0.3) is 11.6 Å². The lowest BCUT2D eigenvalue weighted by atomic mass is 9.69. The highest BCUT2D eigenvalue weighted by atomic mass is 16.5. The number of nitrogens with zero attached hydrogens (tertiary/aromatic N) is 2. The molecule has 0 bridgehead atoms. The number of hydrogen-bond donors (Lipinski definition) is 1. The second-order valence-electron chi connectivity index (χ2n) is 10.7. The maximum atomic E-state index is 13.1. The molecule has 2 saturated heterocycles. The van der Waals surface area contributed by atoms with Crippen molar-refractivity contribution in [2.24, 2.45) is 17.8 Å². The summed E-state index contributed by atoms with van der Waals surface area (Å²) in [5.74, 6) is -0.0819. The summed E-state index contributed by atoms with van der Waals surface area (Å²) in [7, 11) is 1.59. The first-order valence-electron chi connectivity index (χ1n) is 13.7. The summed E-state index contributed by atoms with van der Waals surface area (Å²) in [6.07, 6.45) is 5.61. The molecule has 0 saturated carbocycles. The van der Waals surface area contributed by atoms with Crippen LogP contribution >= 0.6 is 0 Å². The van der Waals surface area contributed by atoms with Crippen molar-refractivity contribution >= 4 is 23.5 Å². The highest BCUT2D eigenvalue weighted by molar-refractivity contribution is 6.05. The van der Waals surface area contributed by atoms with Crippen LogP contribution in [0, 0.1) is 17.8 Å². The fourth-order valence-corrected chi connectivity index (χ4v) is 6.34. The summed E-state index contributed by atoms with van der Waals surface area (Å²) >= 11 is 0. The van der Waals surface area contributed by atoms with E-state index in [1.165, 1.54) is 4.90 Å². The van der Waals surface area contributed by atoms with Crippen LogP contribution in [-0.4, -0.2) is 53.2 Å². The Kier molecular flexibility index (Phi) is 7.22. The third-order valence-corrected chi connectivity index (χ3v) is 8.29. The van der Waals surface area contributed by atoms with Crippen molar-refractivity contribution < 1.29 is 24.2 Å². The first kappa shape index (κ1) is 26.0. The number of para-hydroxylation sites is 1. The highest BCUT2D eigenvalue weighted by Crippen LogP contribution is 2.49. The number of pyridine rings is 1. The molecule has 2 fully saturated rings. The zero-order valence-corrected chi connectivity index (χ0v) is 22.4. The molecule has 6 rings (SSSR count). The molecule has 4 atom stereocenters. The molecule has 3 aromatic rings. The van der Waals surface area contributed by atoms with Crippen LogP contribution in [0.5, 0.6) is 11.5 Å². The Labute approximate surface area is 233 Å². The van der Waals surface area contributed by atoms with Crippen LogP contribution in [0.1, 0.15) is 30.5 Å². The lowest BCUT2D eigenvalue weighted by Gasteiger charge is -2.31. The number of carbonyl (C=O) groups excluding carboxylic acids is 2. The van der Waals surface area contributed by atoms with Crippen LogP contribution in [0.15, 0.2) is 90.1 Å². The number of aromatic hydroxyl groups is 1. The lowest BCUT2D eigenvalue weighted by molar-refractivity contribution is -0.138. The first-order valence-corrected chi connectivity index (χ1v) is 13.7. The summed E-state index contributed by atoms with van der Waals surface area (Å²) < 4.78 is 12.5. The van der Waals surface area contributed by atoms with E-state index in [2.05, 4.69) is 11.1 Å². The van der Waals surface area contributed by atoms with Crippen LogP contribution in [0.2, 0.25) is 0 Å². The van der Waals surface area contributed by atoms with Gasteiger partial charge in [-0.05, 0) is 84.0 Å². The number of rotatable bonds is 8. The fraction of sp³-hybridized carbons (Fsp3) is 0.303. The van der Waals surface area contributed by atoms with Crippen LogP contribution in [0.4, 0.5) is 0 Å². The zero-order chi connectivity index (χ0) is 27.6. The molecule has 204 valence electrons. The van der Waals surface area contributed by atoms with Gasteiger partial charge in [0.15, 0.2) is 0 Å². The Morgan fingerprint density at radius 2 is 1.80 bits per heavy atom. The Balaban J connectivity index is 1.29. The second-order valence-corrected chi connectivity index (χ2v) is 10.7. The normalized spacial score (nSPS) is 24.3. The molecule has 2 amide bonds. The van der Waals surface area contributed by atoms with E-state index in [0.29, 0.717) is 32.5 Å². The molecular weight excluding hydrogens is 504 g/mol. The van der Waals surface area contributed by atoms with E-state index >= 15 is 0 Å². The number of imide groups is 1. The number of fused-ring (bicyclic) bond motifs is 3. The molecule has 7 nitrogen and oxygen atoms in total. The van der Waals surface area contributed by atoms with Crippen molar-refractivity contribution in [3.63, 3.8) is 0 Å². The van der Waals surface area contributed by atoms with Gasteiger partial charge in [0.2, 0.25) is 11.8 Å². The minimum Gasteiger partial charge on any atom is -0.508 e. The number of aromatic nitrogens is 1. The van der Waals surface area contributed by atoms with E-state index < -0.39 is 0 Å². The number of amides is 2. The largest absolute Gasteiger partial charge is 0.508 e. The number of likely N-dealkylation sites (tertiary alicyclic amines) is 1. The first-order chi connectivity index (χ1) is 19.5. The number of ether oxygens (including phenoxy) is 2. The molecule has 2 aliphatic heterocycles. The average Bonchev–Trinajstić information content (AvgIpc) is 3.51. The van der Waals surface area contributed by atoms with Crippen LogP contribution < -0.4 is 4.74 Å². The van der Waals surface area contributed by atoms with E-state index in [0.717, 1.165) is 33.7 Å². The lowest BCUT2D eigenvalue weighted by Crippen LogP contribution is -2.35. The highest BCUT2D eigenvalue weighted by Gasteiger charge is 2.56. The fourth-order valence-electron chi connectivity index (χ4n) is 6.34. The van der Waals surface area contributed by atoms with E-state index in [9.17, 15) is 14.7 Å². The summed E-state index contributed by atoms with van der Waals surface area (Å²) in [5.41, 5.74) is 5.10. The monoisotopic (exact) mass is 536 g/mol. The van der Waals surface area contributed by atoms with Crippen molar-refractivity contribution in [1.82, 2.24) is 9.88 Å². The average molecular weight is 537 g/mol. The molecule has 2 aromatic carbocycles. The van der Waals surface area contributed by atoms with Gasteiger partial charge in [-0.15, -0.1) is 0 Å². The SMILES string of the molecule is CN1C(=O)[C@@H]2[C@@H](CC(COc3ccccc3)=C3[C@@H](CC/C(=C/c4ccc(O)cc4)c4ccccn4)OC[C@@H]32)C1=O. The number of carbonyl (C=O) groups is 2. The van der Waals surface area contributed by atoms with E-state index in [1.807, 2.05) is 60.7 Å². The van der Waals surface area contributed by atoms with E-state index in [4.69, 9.17) is 9.47 Å². The predicted octanol–water partition coefficient (Wildman–Crippen LogP) is 5.13. The van der Waals surface area contributed by atoms with Gasteiger partial charge in [0.05, 0.1) is 30.2 Å². The van der Waals surface area contributed by atoms with Gasteiger partial charge in [-0.25, -0.2) is 0 Å². The molecule has 1 N–H and O–H groups in total. The molecule has 0 spiro atoms. The maximum absolute atomic E-state index is 13.1. The van der Waals surface area contributed by atoms with Crippen LogP contribution in [-0.2, 0) is 14.3 Å². The summed E-state index contributed by atoms with van der Waals surface area (Å²) in [6.45, 7) is 0.782. The quantitative estimate of drug-likeness (QED) is 0.317. The Morgan fingerprint density at radius 3 is 2.55 bits per heavy atom. The summed E-state index contributed by atoms with van der Waals surface area (Å²) in [5, 5.41) is 9.71. The predicted molar refractivity (Wildman–Crippen MR) is 151 cm³/mol. The van der Waals surface area contributed by atoms with Crippen LogP contribution in [0.3, 0.4) is 0 Å². The van der Waals surface area contributed by atoms with Gasteiger partial charge in [0, 0.05) is 19.2 Å². The minimum atomic E-state index is -0.374. The molecule has 0 unspecified atom stereocenters. The molecule has 40 heavy (non-hydrogen) atoms. The minimum absolute atomic E-state index is 0.105. The number of benzene rings is 2. The molecular formula is C33H32N2O5. The topological polar surface area (TPSA) is 89.0 Å². The van der Waals surface area contributed by atoms with Gasteiger partial charge in [-0.2, -0.15) is 0 Å². The van der Waals surface area contributed by atoms with Gasteiger partial charge in [0.25, 0.3) is 0 Å². The molecule has 3 heterocycles. The third-order valence-electron chi connectivity index (χ3n) is 8.29. The van der Waals surface area contributed by atoms with Crippen molar-refractivity contribution in [1.29, 1.82) is 0 Å². The maximum Gasteiger partial charge on any atom is 0.233 e. The van der Waals surface area contributed by atoms with Crippen molar-refractivity contribution in [2.75, 3.05) is 20.3 Å². The van der Waals surface area contributed by atoms with Gasteiger partial charge in [0.1, 0.15) is 18.1 Å². The Hall–Kier alpha value is -4.23. The molecule has 7 heteroatoms. The number of phenolic OH excluding ortho intramolecular Hbond substituents is 1. The van der Waals surface area contributed by atoms with Gasteiger partial charge < -0.3 is 14.6 Å². The number of allylic oxidation sites excluding steroid dienone is 1. The van der Waals surface area contributed by atoms with E-state index in [-0.39, 0.29) is 41.4 Å². The second kappa shape index (κ2) is 11.1. The summed E-state index contributed by atoms with van der Waals surface area (Å²) in [4.78, 5) is 32.0. The molecule has 3 aliphatic rings. The number of phenols is 1. The molecule has 1 aliphatic carbocycles. The van der Waals surface area contributed by atoms with Crippen molar-refractivity contribution in [3.05, 3.63) is 101 Å². The van der Waals surface area contributed by atoms with Gasteiger partial charge in [-0.1, -0.05) is 36.4 Å². The molecule has 0 radical (unpaired) electrons.